The average molecular weight is 496 g/mol. The van der Waals surface area contributed by atoms with Crippen LogP contribution in [0.1, 0.15) is 56.1 Å². The van der Waals surface area contributed by atoms with Crippen LogP contribution in [0, 0.1) is 0 Å². The molecule has 0 saturated heterocycles. The fourth-order valence-corrected chi connectivity index (χ4v) is 5.15. The van der Waals surface area contributed by atoms with Crippen molar-refractivity contribution in [3.8, 4) is 28.7 Å². The molecule has 0 fully saturated rings. The topological polar surface area (TPSA) is 92.3 Å². The van der Waals surface area contributed by atoms with Gasteiger partial charge in [0.05, 0.1) is 34.5 Å². The normalized spacial score (nSPS) is 19.5. The lowest BCUT2D eigenvalue weighted by molar-refractivity contribution is -0.122. The quantitative estimate of drug-likeness (QED) is 0.576. The van der Waals surface area contributed by atoms with Gasteiger partial charge >= 0.3 is 0 Å². The Labute approximate surface area is 211 Å². The number of amides is 1. The van der Waals surface area contributed by atoms with Crippen LogP contribution in [0.3, 0.4) is 0 Å². The predicted molar refractivity (Wildman–Crippen MR) is 134 cm³/mol. The summed E-state index contributed by atoms with van der Waals surface area (Å²) in [5, 5.41) is 2.97. The highest BCUT2D eigenvalue weighted by Crippen LogP contribution is 2.49. The van der Waals surface area contributed by atoms with Crippen LogP contribution in [0.4, 0.5) is 0 Å². The number of Topliss-reactive ketones (excluding diaryl/α,β-unsaturated/α-hetero) is 1. The maximum Gasteiger partial charge on any atom is 0.225 e. The van der Waals surface area contributed by atoms with Gasteiger partial charge in [0.25, 0.3) is 0 Å². The van der Waals surface area contributed by atoms with Crippen molar-refractivity contribution >= 4 is 11.7 Å². The molecule has 0 aromatic heterocycles. The number of hydrogen-bond donors (Lipinski definition) is 1. The molecule has 2 aromatic rings. The first-order valence-corrected chi connectivity index (χ1v) is 12.0. The van der Waals surface area contributed by atoms with Gasteiger partial charge in [0.15, 0.2) is 28.8 Å². The summed E-state index contributed by atoms with van der Waals surface area (Å²) < 4.78 is 28.0. The number of allylic oxidation sites excluding steroid dienone is 2. The number of ketones is 1. The van der Waals surface area contributed by atoms with Gasteiger partial charge in [-0.05, 0) is 49.9 Å². The molecule has 192 valence electrons. The van der Waals surface area contributed by atoms with Gasteiger partial charge in [-0.1, -0.05) is 12.1 Å². The SMILES string of the molecule is COc1cc(C2CC(=O)C3=C(C2)NC(=O)CC3c2ccc(OC)c(OC)c2OC)ccc1OC(C)C. The van der Waals surface area contributed by atoms with Crippen LogP contribution < -0.4 is 29.0 Å². The molecule has 2 aromatic carbocycles. The van der Waals surface area contributed by atoms with E-state index in [1.807, 2.05) is 38.1 Å². The minimum absolute atomic E-state index is 0.00422. The fourth-order valence-electron chi connectivity index (χ4n) is 5.15. The maximum absolute atomic E-state index is 13.6. The second kappa shape index (κ2) is 10.5. The Hall–Kier alpha value is -3.68. The fraction of sp³-hybridized carbons (Fsp3) is 0.429. The lowest BCUT2D eigenvalue weighted by Crippen LogP contribution is -2.38. The molecule has 0 bridgehead atoms. The van der Waals surface area contributed by atoms with Crippen LogP contribution in [0.5, 0.6) is 28.7 Å². The minimum Gasteiger partial charge on any atom is -0.493 e. The van der Waals surface area contributed by atoms with Gasteiger partial charge < -0.3 is 29.0 Å². The molecule has 1 aliphatic heterocycles. The molecule has 1 amide bonds. The highest BCUT2D eigenvalue weighted by molar-refractivity contribution is 6.02. The summed E-state index contributed by atoms with van der Waals surface area (Å²) in [6, 6.07) is 9.36. The number of rotatable bonds is 8. The third-order valence-corrected chi connectivity index (χ3v) is 6.67. The van der Waals surface area contributed by atoms with E-state index in [4.69, 9.17) is 23.7 Å². The summed E-state index contributed by atoms with van der Waals surface area (Å²) in [5.41, 5.74) is 2.97. The number of hydrogen-bond acceptors (Lipinski definition) is 7. The van der Waals surface area contributed by atoms with Crippen molar-refractivity contribution in [2.75, 3.05) is 28.4 Å². The second-order valence-electron chi connectivity index (χ2n) is 9.23. The summed E-state index contributed by atoms with van der Waals surface area (Å²) in [5.74, 6) is 2.02. The van der Waals surface area contributed by atoms with Gasteiger partial charge in [0.1, 0.15) is 0 Å². The van der Waals surface area contributed by atoms with Crippen molar-refractivity contribution < 1.29 is 33.3 Å². The zero-order chi connectivity index (χ0) is 26.0. The number of methoxy groups -OCH3 is 4. The molecule has 0 spiro atoms. The van der Waals surface area contributed by atoms with Crippen LogP contribution in [0.15, 0.2) is 41.6 Å². The molecule has 1 N–H and O–H groups in total. The van der Waals surface area contributed by atoms with Crippen molar-refractivity contribution in [3.05, 3.63) is 52.7 Å². The van der Waals surface area contributed by atoms with Crippen molar-refractivity contribution in [1.82, 2.24) is 5.32 Å². The molecule has 8 heteroatoms. The van der Waals surface area contributed by atoms with Crippen molar-refractivity contribution in [2.24, 2.45) is 0 Å². The van der Waals surface area contributed by atoms with Gasteiger partial charge in [-0.2, -0.15) is 0 Å². The smallest absolute Gasteiger partial charge is 0.225 e. The van der Waals surface area contributed by atoms with E-state index in [2.05, 4.69) is 5.32 Å². The van der Waals surface area contributed by atoms with Crippen LogP contribution in [-0.2, 0) is 9.59 Å². The van der Waals surface area contributed by atoms with Gasteiger partial charge in [-0.15, -0.1) is 0 Å². The molecule has 1 aliphatic carbocycles. The zero-order valence-corrected chi connectivity index (χ0v) is 21.6. The molecule has 0 radical (unpaired) electrons. The molecule has 4 rings (SSSR count). The number of ether oxygens (including phenoxy) is 5. The molecule has 8 nitrogen and oxygen atoms in total. The summed E-state index contributed by atoms with van der Waals surface area (Å²) >= 11 is 0. The summed E-state index contributed by atoms with van der Waals surface area (Å²) in [7, 11) is 6.22. The van der Waals surface area contributed by atoms with Crippen molar-refractivity contribution in [2.45, 2.75) is 51.0 Å². The highest BCUT2D eigenvalue weighted by Gasteiger charge is 2.40. The Kier molecular flexibility index (Phi) is 7.43. The first-order chi connectivity index (χ1) is 17.3. The number of benzene rings is 2. The predicted octanol–water partition coefficient (Wildman–Crippen LogP) is 4.51. The molecule has 2 atom stereocenters. The molecular weight excluding hydrogens is 462 g/mol. The number of carbonyl (C=O) groups is 2. The Balaban J connectivity index is 1.72. The zero-order valence-electron chi connectivity index (χ0n) is 21.6. The van der Waals surface area contributed by atoms with E-state index in [-0.39, 0.29) is 30.1 Å². The van der Waals surface area contributed by atoms with Gasteiger partial charge in [-0.25, -0.2) is 0 Å². The van der Waals surface area contributed by atoms with Crippen molar-refractivity contribution in [3.63, 3.8) is 0 Å². The van der Waals surface area contributed by atoms with E-state index in [1.54, 1.807) is 20.3 Å². The van der Waals surface area contributed by atoms with E-state index in [9.17, 15) is 9.59 Å². The lowest BCUT2D eigenvalue weighted by atomic mass is 9.73. The van der Waals surface area contributed by atoms with Gasteiger partial charge in [0.2, 0.25) is 11.7 Å². The third-order valence-electron chi connectivity index (χ3n) is 6.67. The first kappa shape index (κ1) is 25.4. The number of nitrogens with one attached hydrogen (secondary N) is 1. The Morgan fingerprint density at radius 1 is 0.806 bits per heavy atom. The molecule has 2 unspecified atom stereocenters. The van der Waals surface area contributed by atoms with Crippen LogP contribution in [-0.4, -0.2) is 46.2 Å². The van der Waals surface area contributed by atoms with E-state index >= 15 is 0 Å². The summed E-state index contributed by atoms with van der Waals surface area (Å²) in [6.45, 7) is 3.91. The highest BCUT2D eigenvalue weighted by atomic mass is 16.5. The molecular formula is C28H33NO7. The largest absolute Gasteiger partial charge is 0.493 e. The minimum atomic E-state index is -0.437. The average Bonchev–Trinajstić information content (AvgIpc) is 2.86. The second-order valence-corrected chi connectivity index (χ2v) is 9.23. The van der Waals surface area contributed by atoms with E-state index in [0.29, 0.717) is 52.9 Å². The van der Waals surface area contributed by atoms with E-state index in [1.165, 1.54) is 14.2 Å². The lowest BCUT2D eigenvalue weighted by Gasteiger charge is -2.35. The maximum atomic E-state index is 13.6. The van der Waals surface area contributed by atoms with Crippen LogP contribution in [0.25, 0.3) is 0 Å². The first-order valence-electron chi connectivity index (χ1n) is 12.0. The Morgan fingerprint density at radius 2 is 1.50 bits per heavy atom. The van der Waals surface area contributed by atoms with Crippen LogP contribution >= 0.6 is 0 Å². The standard InChI is InChI=1S/C28H33NO7/c1-15(2)36-22-9-7-16(13-24(22)33-4)17-11-20-26(21(30)12-17)19(14-25(31)29-20)18-8-10-23(32-3)28(35-6)27(18)34-5/h7-10,13,15,17,19H,11-12,14H2,1-6H3,(H,29,31). The Morgan fingerprint density at radius 3 is 2.14 bits per heavy atom. The van der Waals surface area contributed by atoms with E-state index < -0.39 is 5.92 Å². The third kappa shape index (κ3) is 4.72. The molecule has 0 saturated carbocycles. The molecule has 36 heavy (non-hydrogen) atoms. The molecule has 1 heterocycles. The van der Waals surface area contributed by atoms with Gasteiger partial charge in [-0.3, -0.25) is 9.59 Å². The monoisotopic (exact) mass is 495 g/mol. The van der Waals surface area contributed by atoms with Crippen LogP contribution in [0.2, 0.25) is 0 Å². The Bertz CT molecular complexity index is 1200. The summed E-state index contributed by atoms with van der Waals surface area (Å²) in [6.07, 6.45) is 1.02. The van der Waals surface area contributed by atoms with E-state index in [0.717, 1.165) is 11.1 Å². The molecule has 2 aliphatic rings. The van der Waals surface area contributed by atoms with Gasteiger partial charge in [0, 0.05) is 35.6 Å². The van der Waals surface area contributed by atoms with Crippen molar-refractivity contribution in [1.29, 1.82) is 0 Å². The number of carbonyl (C=O) groups excluding carboxylic acids is 2. The summed E-state index contributed by atoms with van der Waals surface area (Å²) in [4.78, 5) is 26.4.